The van der Waals surface area contributed by atoms with Crippen molar-refractivity contribution in [3.8, 4) is 0 Å². The Morgan fingerprint density at radius 2 is 1.90 bits per heavy atom. The molecule has 1 heterocycles. The van der Waals surface area contributed by atoms with Crippen LogP contribution in [0, 0.1) is 11.8 Å². The van der Waals surface area contributed by atoms with Gasteiger partial charge in [-0.3, -0.25) is 9.13 Å². The molecule has 4 heteroatoms. The molecule has 0 aromatic heterocycles. The molecule has 2 fully saturated rings. The number of rotatable bonds is 6. The minimum atomic E-state index is -1.38. The lowest BCUT2D eigenvalue weighted by atomic mass is 9.76. The summed E-state index contributed by atoms with van der Waals surface area (Å²) in [5, 5.41) is 0. The lowest BCUT2D eigenvalue weighted by Crippen LogP contribution is -2.60. The average Bonchev–Trinajstić information content (AvgIpc) is 2.47. The number of hydrogen-bond donors (Lipinski definition) is 0. The van der Waals surface area contributed by atoms with Gasteiger partial charge in [0.25, 0.3) is 0 Å². The van der Waals surface area contributed by atoms with Crippen LogP contribution in [0.2, 0.25) is 0 Å². The normalized spacial score (nSPS) is 29.7. The summed E-state index contributed by atoms with van der Waals surface area (Å²) in [5.41, 5.74) is 0. The quantitative estimate of drug-likeness (QED) is 0.701. The number of hydrogen-bond acceptors (Lipinski definition) is 3. The molecule has 0 N–H and O–H groups in total. The summed E-state index contributed by atoms with van der Waals surface area (Å²) in [6.45, 7) is 10.7. The first-order valence-electron chi connectivity index (χ1n) is 8.70. The maximum absolute atomic E-state index is 6.04. The summed E-state index contributed by atoms with van der Waals surface area (Å²) in [6.07, 6.45) is 8.51. The van der Waals surface area contributed by atoms with Crippen molar-refractivity contribution in [2.45, 2.75) is 65.3 Å². The second kappa shape index (κ2) is 7.92. The van der Waals surface area contributed by atoms with Gasteiger partial charge in [0.2, 0.25) is 0 Å². The summed E-state index contributed by atoms with van der Waals surface area (Å²) < 4.78 is 11.4. The van der Waals surface area contributed by atoms with Gasteiger partial charge in [-0.1, -0.05) is 40.0 Å². The van der Waals surface area contributed by atoms with Crippen LogP contribution in [0.15, 0.2) is 0 Å². The Balaban J connectivity index is 1.99. The van der Waals surface area contributed by atoms with Gasteiger partial charge < -0.3 is 4.43 Å². The molecule has 1 saturated carbocycles. The van der Waals surface area contributed by atoms with Gasteiger partial charge in [-0.2, -0.15) is 0 Å². The maximum atomic E-state index is 6.04. The van der Waals surface area contributed by atoms with E-state index in [1.807, 2.05) is 7.11 Å². The van der Waals surface area contributed by atoms with Crippen molar-refractivity contribution in [2.24, 2.45) is 11.8 Å². The molecule has 0 aromatic carbocycles. The molecule has 3 nitrogen and oxygen atoms in total. The Hall–Kier alpha value is 0.0969. The fourth-order valence-corrected chi connectivity index (χ4v) is 7.00. The van der Waals surface area contributed by atoms with Gasteiger partial charge in [-0.15, -0.1) is 0 Å². The Labute approximate surface area is 127 Å². The zero-order chi connectivity index (χ0) is 14.5. The van der Waals surface area contributed by atoms with Gasteiger partial charge in [-0.25, -0.2) is 0 Å². The first kappa shape index (κ1) is 16.5. The minimum Gasteiger partial charge on any atom is -0.397 e. The van der Waals surface area contributed by atoms with Gasteiger partial charge in [0.1, 0.15) is 0 Å². The fourth-order valence-electron chi connectivity index (χ4n) is 4.21. The fraction of sp³-hybridized carbons (Fsp3) is 1.00. The Morgan fingerprint density at radius 1 is 1.20 bits per heavy atom. The molecule has 2 rings (SSSR count). The Bertz CT molecular complexity index is 288. The lowest BCUT2D eigenvalue weighted by Gasteiger charge is -2.46. The molecule has 118 valence electrons. The molecular formula is C16H34N2OSi. The molecule has 20 heavy (non-hydrogen) atoms. The summed E-state index contributed by atoms with van der Waals surface area (Å²) in [6, 6.07) is 0.607. The van der Waals surface area contributed by atoms with Gasteiger partial charge in [0, 0.05) is 13.2 Å². The molecule has 2 aliphatic rings. The Morgan fingerprint density at radius 3 is 2.50 bits per heavy atom. The highest BCUT2D eigenvalue weighted by Crippen LogP contribution is 2.36. The van der Waals surface area contributed by atoms with Gasteiger partial charge in [-0.05, 0) is 50.7 Å². The van der Waals surface area contributed by atoms with Crippen LogP contribution in [0.4, 0.5) is 0 Å². The van der Waals surface area contributed by atoms with Gasteiger partial charge in [0.05, 0.1) is 0 Å². The summed E-state index contributed by atoms with van der Waals surface area (Å²) >= 11 is 0. The molecule has 0 bridgehead atoms. The van der Waals surface area contributed by atoms with E-state index in [4.69, 9.17) is 4.43 Å². The van der Waals surface area contributed by atoms with E-state index < -0.39 is 9.36 Å². The topological polar surface area (TPSA) is 15.7 Å². The van der Waals surface area contributed by atoms with Crippen LogP contribution >= 0.6 is 0 Å². The smallest absolute Gasteiger partial charge is 0.340 e. The molecular weight excluding hydrogens is 264 g/mol. The molecule has 0 spiro atoms. The molecule has 2 unspecified atom stereocenters. The number of nitrogens with zero attached hydrogens (tertiary/aromatic N) is 2. The first-order chi connectivity index (χ1) is 9.67. The SMILES string of the molecule is CCCN(C(C)C)[SiH](OC)N1CC[C@@H]2CCCCC2C1. The highest BCUT2D eigenvalue weighted by Gasteiger charge is 2.37. The molecule has 1 aliphatic heterocycles. The van der Waals surface area contributed by atoms with Crippen LogP contribution in [-0.2, 0) is 4.43 Å². The predicted octanol–water partition coefficient (Wildman–Crippen LogP) is 2.98. The third-order valence-corrected chi connectivity index (χ3v) is 8.21. The van der Waals surface area contributed by atoms with Crippen molar-refractivity contribution < 1.29 is 4.43 Å². The zero-order valence-electron chi connectivity index (χ0n) is 14.0. The highest BCUT2D eigenvalue weighted by molar-refractivity contribution is 6.45. The number of piperidine rings is 1. The summed E-state index contributed by atoms with van der Waals surface area (Å²) in [5.74, 6) is 1.98. The van der Waals surface area contributed by atoms with Crippen molar-refractivity contribution in [1.29, 1.82) is 0 Å². The van der Waals surface area contributed by atoms with E-state index in [0.29, 0.717) is 6.04 Å². The lowest BCUT2D eigenvalue weighted by molar-refractivity contribution is 0.104. The predicted molar refractivity (Wildman–Crippen MR) is 87.9 cm³/mol. The second-order valence-electron chi connectivity index (χ2n) is 6.98. The average molecular weight is 299 g/mol. The van der Waals surface area contributed by atoms with Crippen molar-refractivity contribution >= 4 is 9.36 Å². The van der Waals surface area contributed by atoms with E-state index in [1.165, 1.54) is 58.2 Å². The van der Waals surface area contributed by atoms with Crippen LogP contribution in [0.25, 0.3) is 0 Å². The maximum Gasteiger partial charge on any atom is 0.340 e. The highest BCUT2D eigenvalue weighted by atomic mass is 28.3. The third kappa shape index (κ3) is 3.84. The van der Waals surface area contributed by atoms with Crippen molar-refractivity contribution in [1.82, 2.24) is 9.13 Å². The van der Waals surface area contributed by atoms with Gasteiger partial charge in [0.15, 0.2) is 0 Å². The van der Waals surface area contributed by atoms with E-state index in [0.717, 1.165) is 11.8 Å². The van der Waals surface area contributed by atoms with E-state index in [1.54, 1.807) is 0 Å². The van der Waals surface area contributed by atoms with Crippen molar-refractivity contribution in [2.75, 3.05) is 26.7 Å². The largest absolute Gasteiger partial charge is 0.397 e. The van der Waals surface area contributed by atoms with Crippen LogP contribution in [0.1, 0.15) is 59.3 Å². The van der Waals surface area contributed by atoms with E-state index in [-0.39, 0.29) is 0 Å². The van der Waals surface area contributed by atoms with Crippen LogP contribution in [0.3, 0.4) is 0 Å². The van der Waals surface area contributed by atoms with Crippen molar-refractivity contribution in [3.05, 3.63) is 0 Å². The van der Waals surface area contributed by atoms with Crippen LogP contribution < -0.4 is 0 Å². The summed E-state index contributed by atoms with van der Waals surface area (Å²) in [7, 11) is 0.555. The molecule has 1 saturated heterocycles. The minimum absolute atomic E-state index is 0.607. The summed E-state index contributed by atoms with van der Waals surface area (Å²) in [4.78, 5) is 0. The van der Waals surface area contributed by atoms with E-state index in [9.17, 15) is 0 Å². The zero-order valence-corrected chi connectivity index (χ0v) is 15.1. The number of fused-ring (bicyclic) bond motifs is 1. The van der Waals surface area contributed by atoms with Crippen LogP contribution in [0.5, 0.6) is 0 Å². The monoisotopic (exact) mass is 298 g/mol. The molecule has 3 atom stereocenters. The van der Waals surface area contributed by atoms with E-state index >= 15 is 0 Å². The standard InChI is InChI=1S/C16H34N2OSi/c1-5-11-18(14(2)3)20(19-4)17-12-10-15-8-6-7-9-16(15)13-17/h14-16,20H,5-13H2,1-4H3/t15-,16?,20?/m0/s1. The molecule has 0 amide bonds. The Kier molecular flexibility index (Phi) is 6.52. The van der Waals surface area contributed by atoms with Crippen LogP contribution in [-0.4, -0.2) is 51.3 Å². The second-order valence-corrected chi connectivity index (χ2v) is 9.50. The molecule has 0 radical (unpaired) electrons. The van der Waals surface area contributed by atoms with Crippen molar-refractivity contribution in [3.63, 3.8) is 0 Å². The molecule has 1 aliphatic carbocycles. The molecule has 0 aromatic rings. The van der Waals surface area contributed by atoms with E-state index in [2.05, 4.69) is 29.9 Å². The van der Waals surface area contributed by atoms with Gasteiger partial charge >= 0.3 is 9.36 Å². The first-order valence-corrected chi connectivity index (χ1v) is 10.2. The third-order valence-electron chi connectivity index (χ3n) is 5.27.